The topological polar surface area (TPSA) is 217 Å². The number of pyridine rings is 1. The molecule has 17 heteroatoms. The molecule has 256 valence electrons. The number of nitrogens with zero attached hydrogens (tertiary/aromatic N) is 4. The summed E-state index contributed by atoms with van der Waals surface area (Å²) >= 11 is 0. The highest BCUT2D eigenvalue weighted by Crippen LogP contribution is 2.28. The number of rotatable bonds is 10. The van der Waals surface area contributed by atoms with Gasteiger partial charge < -0.3 is 39.9 Å². The lowest BCUT2D eigenvalue weighted by molar-refractivity contribution is -0.138. The Hall–Kier alpha value is -5.48. The van der Waals surface area contributed by atoms with Gasteiger partial charge in [0.1, 0.15) is 23.0 Å². The molecule has 4 N–H and O–H groups in total. The van der Waals surface area contributed by atoms with Crippen LogP contribution in [0.1, 0.15) is 43.1 Å². The maximum absolute atomic E-state index is 13.5. The van der Waals surface area contributed by atoms with E-state index in [1.807, 2.05) is 0 Å². The molecule has 3 aliphatic heterocycles. The van der Waals surface area contributed by atoms with Gasteiger partial charge in [-0.05, 0) is 38.3 Å². The van der Waals surface area contributed by atoms with E-state index in [2.05, 4.69) is 20.9 Å². The van der Waals surface area contributed by atoms with Crippen molar-refractivity contribution >= 4 is 52.6 Å². The maximum atomic E-state index is 13.5. The molecule has 0 bridgehead atoms. The van der Waals surface area contributed by atoms with Crippen LogP contribution < -0.4 is 20.7 Å². The van der Waals surface area contributed by atoms with Gasteiger partial charge in [-0.2, -0.15) is 0 Å². The molecule has 3 aliphatic rings. The molecule has 0 saturated carbocycles. The minimum Gasteiger partial charge on any atom is -0.483 e. The number of hydrogen-bond acceptors (Lipinski definition) is 10. The largest absolute Gasteiger partial charge is 0.483 e. The number of para-hydroxylation sites is 1. The predicted octanol–water partition coefficient (Wildman–Crippen LogP) is 0.0781. The average molecular weight is 668 g/mol. The third kappa shape index (κ3) is 7.56. The van der Waals surface area contributed by atoms with Crippen LogP contribution in [0.3, 0.4) is 0 Å². The Morgan fingerprint density at radius 2 is 1.69 bits per heavy atom. The van der Waals surface area contributed by atoms with Crippen LogP contribution in [0.25, 0.3) is 10.9 Å². The Morgan fingerprint density at radius 1 is 1.00 bits per heavy atom. The number of ether oxygens (including phenoxy) is 2. The van der Waals surface area contributed by atoms with Crippen molar-refractivity contribution < 1.29 is 48.1 Å². The second kappa shape index (κ2) is 14.5. The summed E-state index contributed by atoms with van der Waals surface area (Å²) in [6.45, 7) is 2.79. The van der Waals surface area contributed by atoms with Crippen LogP contribution >= 0.6 is 0 Å². The van der Waals surface area contributed by atoms with Gasteiger partial charge >= 0.3 is 18.1 Å². The Bertz CT molecular complexity index is 1620. The maximum Gasteiger partial charge on any atom is 0.409 e. The Labute approximate surface area is 274 Å². The molecular weight excluding hydrogens is 630 g/mol. The molecule has 4 heterocycles. The molecule has 1 atom stereocenters. The lowest BCUT2D eigenvalue weighted by Gasteiger charge is -2.36. The van der Waals surface area contributed by atoms with Crippen LogP contribution in [0.4, 0.5) is 9.59 Å². The highest BCUT2D eigenvalue weighted by atomic mass is 16.6. The smallest absolute Gasteiger partial charge is 0.409 e. The number of aromatic nitrogens is 1. The molecule has 17 nitrogen and oxygen atoms in total. The molecule has 3 saturated heterocycles. The molecule has 1 aromatic heterocycles. The lowest BCUT2D eigenvalue weighted by atomic mass is 9.88. The van der Waals surface area contributed by atoms with Crippen LogP contribution in [-0.2, 0) is 23.9 Å². The van der Waals surface area contributed by atoms with E-state index in [-0.39, 0.29) is 95.5 Å². The second-order valence-corrected chi connectivity index (χ2v) is 11.7. The number of nitrogens with one attached hydrogen (secondary N) is 3. The first kappa shape index (κ1) is 33.9. The number of piperidine rings is 1. The van der Waals surface area contributed by atoms with Crippen LogP contribution in [0, 0.1) is 0 Å². The first-order valence-electron chi connectivity index (χ1n) is 15.7. The van der Waals surface area contributed by atoms with Gasteiger partial charge in [-0.15, -0.1) is 0 Å². The predicted molar refractivity (Wildman–Crippen MR) is 166 cm³/mol. The summed E-state index contributed by atoms with van der Waals surface area (Å²) in [4.78, 5) is 96.2. The van der Waals surface area contributed by atoms with Gasteiger partial charge in [-0.1, -0.05) is 12.1 Å². The van der Waals surface area contributed by atoms with E-state index < -0.39 is 47.4 Å². The molecule has 7 amide bonds. The Kier molecular flexibility index (Phi) is 10.2. The molecular formula is C31H37N7O10. The second-order valence-electron chi connectivity index (χ2n) is 11.7. The van der Waals surface area contributed by atoms with Crippen LogP contribution in [0.5, 0.6) is 5.75 Å². The fourth-order valence-corrected chi connectivity index (χ4v) is 5.93. The molecule has 0 radical (unpaired) electrons. The van der Waals surface area contributed by atoms with E-state index in [0.29, 0.717) is 10.9 Å². The SMILES string of the molecule is CCOC(=O)N1CCN(C(=O)C(CCC(=O)O)NC(=O)c2cc(OCC(=O)N3CCC4(CC3)NC(=O)NC4=O)c3ccccc3n2)CC1. The first-order valence-corrected chi connectivity index (χ1v) is 15.7. The first-order chi connectivity index (χ1) is 23.0. The highest BCUT2D eigenvalue weighted by Gasteiger charge is 2.48. The van der Waals surface area contributed by atoms with E-state index in [1.54, 1.807) is 31.2 Å². The van der Waals surface area contributed by atoms with Crippen molar-refractivity contribution in [2.45, 2.75) is 44.2 Å². The van der Waals surface area contributed by atoms with Crippen molar-refractivity contribution in [2.24, 2.45) is 0 Å². The van der Waals surface area contributed by atoms with Crippen molar-refractivity contribution in [3.8, 4) is 5.75 Å². The van der Waals surface area contributed by atoms with Crippen LogP contribution in [-0.4, -0.2) is 131 Å². The van der Waals surface area contributed by atoms with Crippen molar-refractivity contribution in [3.05, 3.63) is 36.0 Å². The van der Waals surface area contributed by atoms with Gasteiger partial charge in [-0.3, -0.25) is 29.3 Å². The van der Waals surface area contributed by atoms with Crippen molar-refractivity contribution in [2.75, 3.05) is 52.5 Å². The van der Waals surface area contributed by atoms with Crippen LogP contribution in [0.15, 0.2) is 30.3 Å². The number of carbonyl (C=O) groups is 7. The van der Waals surface area contributed by atoms with Crippen LogP contribution in [0.2, 0.25) is 0 Å². The normalized spacial score (nSPS) is 17.8. The number of aliphatic carboxylic acids is 1. The summed E-state index contributed by atoms with van der Waals surface area (Å²) in [5.74, 6) is -2.95. The van der Waals surface area contributed by atoms with Gasteiger partial charge in [0.05, 0.1) is 12.1 Å². The molecule has 0 aliphatic carbocycles. The summed E-state index contributed by atoms with van der Waals surface area (Å²) in [6.07, 6.45) is -0.537. The van der Waals surface area contributed by atoms with Crippen molar-refractivity contribution in [1.29, 1.82) is 0 Å². The van der Waals surface area contributed by atoms with Gasteiger partial charge in [0, 0.05) is 57.1 Å². The van der Waals surface area contributed by atoms with Gasteiger partial charge in [0.15, 0.2) is 6.61 Å². The minimum atomic E-state index is -1.18. The number of fused-ring (bicyclic) bond motifs is 1. The Balaban J connectivity index is 1.26. The zero-order chi connectivity index (χ0) is 34.4. The van der Waals surface area contributed by atoms with Crippen molar-refractivity contribution in [1.82, 2.24) is 35.6 Å². The zero-order valence-electron chi connectivity index (χ0n) is 26.4. The number of piperazine rings is 1. The quantitative estimate of drug-likeness (QED) is 0.249. The summed E-state index contributed by atoms with van der Waals surface area (Å²) in [7, 11) is 0. The number of likely N-dealkylation sites (tertiary alicyclic amines) is 1. The molecule has 3 fully saturated rings. The fraction of sp³-hybridized carbons (Fsp3) is 0.484. The summed E-state index contributed by atoms with van der Waals surface area (Å²) in [5.41, 5.74) is -0.753. The van der Waals surface area contributed by atoms with E-state index in [1.165, 1.54) is 20.8 Å². The average Bonchev–Trinajstić information content (AvgIpc) is 3.36. The molecule has 5 rings (SSSR count). The Morgan fingerprint density at radius 3 is 2.33 bits per heavy atom. The monoisotopic (exact) mass is 667 g/mol. The number of carboxylic acids is 1. The highest BCUT2D eigenvalue weighted by molar-refractivity contribution is 6.07. The van der Waals surface area contributed by atoms with Crippen molar-refractivity contribution in [3.63, 3.8) is 0 Å². The number of urea groups is 1. The molecule has 1 spiro atoms. The fourth-order valence-electron chi connectivity index (χ4n) is 5.93. The van der Waals surface area contributed by atoms with E-state index in [0.717, 1.165) is 0 Å². The van der Waals surface area contributed by atoms with Gasteiger partial charge in [0.25, 0.3) is 17.7 Å². The summed E-state index contributed by atoms with van der Waals surface area (Å²) in [5, 5.41) is 17.3. The number of amides is 7. The van der Waals surface area contributed by atoms with E-state index in [9.17, 15) is 38.7 Å². The molecule has 1 aromatic carbocycles. The number of carbonyl (C=O) groups excluding carboxylic acids is 6. The molecule has 1 unspecified atom stereocenters. The summed E-state index contributed by atoms with van der Waals surface area (Å²) < 4.78 is 10.9. The number of hydrogen-bond donors (Lipinski definition) is 4. The van der Waals surface area contributed by atoms with E-state index >= 15 is 0 Å². The van der Waals surface area contributed by atoms with E-state index in [4.69, 9.17) is 9.47 Å². The molecule has 2 aromatic rings. The van der Waals surface area contributed by atoms with Gasteiger partial charge in [-0.25, -0.2) is 14.6 Å². The number of imide groups is 1. The standard InChI is InChI=1S/C31H37N7O10/c1-2-47-30(46)38-15-13-37(14-16-38)27(43)21(7-8-25(40)41)33-26(42)22-17-23(19-5-3-4-6-20(19)32-22)48-18-24(39)36-11-9-31(10-12-36)28(44)34-29(45)35-31/h3-6,17,21H,2,7-16,18H2,1H3,(H,33,42)(H,40,41)(H2,34,35,44,45). The molecule has 48 heavy (non-hydrogen) atoms. The lowest BCUT2D eigenvalue weighted by Crippen LogP contribution is -2.56. The summed E-state index contributed by atoms with van der Waals surface area (Å²) in [6, 6.07) is 6.43. The minimum absolute atomic E-state index is 0.112. The number of carboxylic acid groups (broad SMARTS) is 1. The third-order valence-electron chi connectivity index (χ3n) is 8.61. The number of benzene rings is 1. The third-order valence-corrected chi connectivity index (χ3v) is 8.61. The zero-order valence-corrected chi connectivity index (χ0v) is 26.4. The van der Waals surface area contributed by atoms with Gasteiger partial charge in [0.2, 0.25) is 5.91 Å².